The fourth-order valence-corrected chi connectivity index (χ4v) is 2.54. The molecule has 94 valence electrons. The van der Waals surface area contributed by atoms with Gasteiger partial charge in [0, 0.05) is 36.7 Å². The number of nitrogen functional groups attached to an aromatic ring is 1. The maximum absolute atomic E-state index is 5.74. The first-order chi connectivity index (χ1) is 8.18. The van der Waals surface area contributed by atoms with E-state index in [0.29, 0.717) is 12.1 Å². The minimum Gasteiger partial charge on any atom is -0.399 e. The second-order valence-corrected chi connectivity index (χ2v) is 4.94. The van der Waals surface area contributed by atoms with Gasteiger partial charge in [-0.2, -0.15) is 0 Å². The van der Waals surface area contributed by atoms with Gasteiger partial charge in [-0.25, -0.2) is 0 Å². The standard InChI is InChI=1S/C14H22N2O/c1-11(2)16(14-7-9-17-10-8-14)13-5-3-12(15)4-6-13/h3-6,11,14H,7-10,15H2,1-2H3. The van der Waals surface area contributed by atoms with Crippen molar-refractivity contribution in [2.24, 2.45) is 0 Å². The van der Waals surface area contributed by atoms with Gasteiger partial charge in [0.25, 0.3) is 0 Å². The zero-order chi connectivity index (χ0) is 12.3. The van der Waals surface area contributed by atoms with Crippen molar-refractivity contribution in [2.75, 3.05) is 23.8 Å². The molecule has 0 unspecified atom stereocenters. The lowest BCUT2D eigenvalue weighted by Gasteiger charge is -2.39. The summed E-state index contributed by atoms with van der Waals surface area (Å²) in [5.41, 5.74) is 7.83. The Labute approximate surface area is 104 Å². The normalized spacial score (nSPS) is 17.4. The molecule has 1 fully saturated rings. The fourth-order valence-electron chi connectivity index (χ4n) is 2.54. The Hall–Kier alpha value is -1.22. The molecule has 1 aliphatic rings. The minimum atomic E-state index is 0.502. The van der Waals surface area contributed by atoms with Crippen LogP contribution < -0.4 is 10.6 Å². The van der Waals surface area contributed by atoms with E-state index in [2.05, 4.69) is 30.9 Å². The number of nitrogens with two attached hydrogens (primary N) is 1. The number of hydrogen-bond donors (Lipinski definition) is 1. The number of hydrogen-bond acceptors (Lipinski definition) is 3. The quantitative estimate of drug-likeness (QED) is 0.817. The fraction of sp³-hybridized carbons (Fsp3) is 0.571. The highest BCUT2D eigenvalue weighted by atomic mass is 16.5. The molecule has 1 heterocycles. The number of rotatable bonds is 3. The molecule has 0 aromatic heterocycles. The van der Waals surface area contributed by atoms with Crippen LogP contribution in [0.3, 0.4) is 0 Å². The lowest BCUT2D eigenvalue weighted by Crippen LogP contribution is -2.43. The first-order valence-corrected chi connectivity index (χ1v) is 6.40. The molecule has 0 atom stereocenters. The van der Waals surface area contributed by atoms with E-state index in [1.807, 2.05) is 12.1 Å². The molecular formula is C14H22N2O. The van der Waals surface area contributed by atoms with Crippen LogP contribution in [0.2, 0.25) is 0 Å². The van der Waals surface area contributed by atoms with Crippen LogP contribution in [0.25, 0.3) is 0 Å². The highest BCUT2D eigenvalue weighted by molar-refractivity contribution is 5.54. The van der Waals surface area contributed by atoms with E-state index in [9.17, 15) is 0 Å². The molecule has 0 amide bonds. The number of anilines is 2. The van der Waals surface area contributed by atoms with Crippen molar-refractivity contribution in [1.82, 2.24) is 0 Å². The summed E-state index contributed by atoms with van der Waals surface area (Å²) in [5.74, 6) is 0. The molecule has 0 radical (unpaired) electrons. The zero-order valence-electron chi connectivity index (χ0n) is 10.7. The summed E-state index contributed by atoms with van der Waals surface area (Å²) in [4.78, 5) is 2.49. The van der Waals surface area contributed by atoms with Crippen molar-refractivity contribution in [1.29, 1.82) is 0 Å². The molecule has 2 rings (SSSR count). The topological polar surface area (TPSA) is 38.5 Å². The third kappa shape index (κ3) is 2.91. The maximum Gasteiger partial charge on any atom is 0.0485 e. The van der Waals surface area contributed by atoms with Crippen molar-refractivity contribution < 1.29 is 4.74 Å². The van der Waals surface area contributed by atoms with Gasteiger partial charge in [0.1, 0.15) is 0 Å². The molecule has 2 N–H and O–H groups in total. The van der Waals surface area contributed by atoms with Gasteiger partial charge in [0.05, 0.1) is 0 Å². The number of nitrogens with zero attached hydrogens (tertiary/aromatic N) is 1. The van der Waals surface area contributed by atoms with Gasteiger partial charge in [-0.15, -0.1) is 0 Å². The summed E-state index contributed by atoms with van der Waals surface area (Å²) in [7, 11) is 0. The Balaban J connectivity index is 2.18. The van der Waals surface area contributed by atoms with Crippen LogP contribution in [-0.2, 0) is 4.74 Å². The van der Waals surface area contributed by atoms with Gasteiger partial charge in [-0.3, -0.25) is 0 Å². The van der Waals surface area contributed by atoms with Crippen molar-refractivity contribution in [3.63, 3.8) is 0 Å². The largest absolute Gasteiger partial charge is 0.399 e. The van der Waals surface area contributed by atoms with Crippen LogP contribution >= 0.6 is 0 Å². The molecular weight excluding hydrogens is 212 g/mol. The molecule has 17 heavy (non-hydrogen) atoms. The Kier molecular flexibility index (Phi) is 3.89. The van der Waals surface area contributed by atoms with Crippen LogP contribution in [0.5, 0.6) is 0 Å². The van der Waals surface area contributed by atoms with Gasteiger partial charge in [-0.1, -0.05) is 0 Å². The van der Waals surface area contributed by atoms with Gasteiger partial charge < -0.3 is 15.4 Å². The molecule has 3 nitrogen and oxygen atoms in total. The van der Waals surface area contributed by atoms with Crippen molar-refractivity contribution in [3.8, 4) is 0 Å². The van der Waals surface area contributed by atoms with E-state index >= 15 is 0 Å². The third-order valence-corrected chi connectivity index (χ3v) is 3.33. The third-order valence-electron chi connectivity index (χ3n) is 3.33. The lowest BCUT2D eigenvalue weighted by atomic mass is 10.0. The molecule has 1 aromatic rings. The van der Waals surface area contributed by atoms with Gasteiger partial charge in [-0.05, 0) is 51.0 Å². The summed E-state index contributed by atoms with van der Waals surface area (Å²) in [6.45, 7) is 6.24. The Morgan fingerprint density at radius 1 is 1.18 bits per heavy atom. The highest BCUT2D eigenvalue weighted by Crippen LogP contribution is 2.26. The highest BCUT2D eigenvalue weighted by Gasteiger charge is 2.23. The van der Waals surface area contributed by atoms with E-state index in [1.165, 1.54) is 5.69 Å². The van der Waals surface area contributed by atoms with Crippen LogP contribution in [0, 0.1) is 0 Å². The molecule has 0 spiro atoms. The molecule has 0 aliphatic carbocycles. The summed E-state index contributed by atoms with van der Waals surface area (Å²) < 4.78 is 5.44. The predicted octanol–water partition coefficient (Wildman–Crippen LogP) is 2.66. The molecule has 0 bridgehead atoms. The van der Waals surface area contributed by atoms with Crippen LogP contribution in [0.1, 0.15) is 26.7 Å². The first kappa shape index (κ1) is 12.2. The molecule has 1 aromatic carbocycles. The minimum absolute atomic E-state index is 0.502. The monoisotopic (exact) mass is 234 g/mol. The van der Waals surface area contributed by atoms with Crippen molar-refractivity contribution in [2.45, 2.75) is 38.8 Å². The van der Waals surface area contributed by atoms with Crippen LogP contribution in [0.15, 0.2) is 24.3 Å². The van der Waals surface area contributed by atoms with Crippen molar-refractivity contribution >= 4 is 11.4 Å². The van der Waals surface area contributed by atoms with Crippen LogP contribution in [0.4, 0.5) is 11.4 Å². The Morgan fingerprint density at radius 2 is 1.76 bits per heavy atom. The van der Waals surface area contributed by atoms with E-state index in [-0.39, 0.29) is 0 Å². The maximum atomic E-state index is 5.74. The number of ether oxygens (including phenoxy) is 1. The Morgan fingerprint density at radius 3 is 2.29 bits per heavy atom. The van der Waals surface area contributed by atoms with E-state index < -0.39 is 0 Å². The average molecular weight is 234 g/mol. The predicted molar refractivity (Wildman–Crippen MR) is 72.3 cm³/mol. The summed E-state index contributed by atoms with van der Waals surface area (Å²) >= 11 is 0. The summed E-state index contributed by atoms with van der Waals surface area (Å²) in [5, 5.41) is 0. The molecule has 1 saturated heterocycles. The van der Waals surface area contributed by atoms with Crippen LogP contribution in [-0.4, -0.2) is 25.3 Å². The van der Waals surface area contributed by atoms with E-state index in [4.69, 9.17) is 10.5 Å². The van der Waals surface area contributed by atoms with Gasteiger partial charge in [0.2, 0.25) is 0 Å². The van der Waals surface area contributed by atoms with E-state index in [1.54, 1.807) is 0 Å². The Bertz CT molecular complexity index is 342. The SMILES string of the molecule is CC(C)N(c1ccc(N)cc1)C1CCOCC1. The van der Waals surface area contributed by atoms with Crippen molar-refractivity contribution in [3.05, 3.63) is 24.3 Å². The molecule has 3 heteroatoms. The first-order valence-electron chi connectivity index (χ1n) is 6.40. The molecule has 0 saturated carbocycles. The lowest BCUT2D eigenvalue weighted by molar-refractivity contribution is 0.0832. The molecule has 1 aliphatic heterocycles. The average Bonchev–Trinajstić information content (AvgIpc) is 2.33. The van der Waals surface area contributed by atoms with Gasteiger partial charge >= 0.3 is 0 Å². The second kappa shape index (κ2) is 5.41. The summed E-state index contributed by atoms with van der Waals surface area (Å²) in [6, 6.07) is 9.28. The van der Waals surface area contributed by atoms with Gasteiger partial charge in [0.15, 0.2) is 0 Å². The zero-order valence-corrected chi connectivity index (χ0v) is 10.7. The second-order valence-electron chi connectivity index (χ2n) is 4.94. The number of benzene rings is 1. The summed E-state index contributed by atoms with van der Waals surface area (Å²) in [6.07, 6.45) is 2.23. The van der Waals surface area contributed by atoms with E-state index in [0.717, 1.165) is 31.7 Å². The smallest absolute Gasteiger partial charge is 0.0485 e.